The number of alkyl halides is 1. The van der Waals surface area contributed by atoms with Crippen molar-refractivity contribution < 1.29 is 14.9 Å². The van der Waals surface area contributed by atoms with Crippen molar-refractivity contribution in [2.45, 2.75) is 32.3 Å². The molecule has 5 atom stereocenters. The fourth-order valence-electron chi connectivity index (χ4n) is 1.42. The molecule has 0 amide bonds. The molecule has 0 saturated carbocycles. The van der Waals surface area contributed by atoms with E-state index in [1.165, 1.54) is 0 Å². The van der Waals surface area contributed by atoms with Crippen LogP contribution < -0.4 is 0 Å². The van der Waals surface area contributed by atoms with Gasteiger partial charge in [0, 0.05) is 10.3 Å². The number of aliphatic hydroxyl groups excluding tert-OH is 2. The third-order valence-corrected chi connectivity index (χ3v) is 3.53. The van der Waals surface area contributed by atoms with Crippen LogP contribution in [0.3, 0.4) is 0 Å². The van der Waals surface area contributed by atoms with Crippen LogP contribution in [0.15, 0.2) is 0 Å². The Morgan fingerprint density at radius 2 is 1.83 bits per heavy atom. The van der Waals surface area contributed by atoms with Gasteiger partial charge in [0.25, 0.3) is 0 Å². The van der Waals surface area contributed by atoms with Gasteiger partial charge < -0.3 is 14.9 Å². The maximum atomic E-state index is 9.68. The Balaban J connectivity index is 2.63. The van der Waals surface area contributed by atoms with Crippen molar-refractivity contribution in [2.24, 2.45) is 11.8 Å². The lowest BCUT2D eigenvalue weighted by Gasteiger charge is -2.39. The van der Waals surface area contributed by atoms with Gasteiger partial charge in [-0.3, -0.25) is 0 Å². The van der Waals surface area contributed by atoms with E-state index < -0.39 is 12.4 Å². The quantitative estimate of drug-likeness (QED) is 0.553. The van der Waals surface area contributed by atoms with Crippen LogP contribution in [0.1, 0.15) is 13.8 Å². The summed E-state index contributed by atoms with van der Waals surface area (Å²) in [6.45, 7) is 3.84. The maximum Gasteiger partial charge on any atom is 0.157 e. The van der Waals surface area contributed by atoms with Crippen LogP contribution in [0.5, 0.6) is 0 Å². The monoisotopic (exact) mass is 286 g/mol. The Kier molecular flexibility index (Phi) is 3.75. The van der Waals surface area contributed by atoms with Crippen LogP contribution in [-0.4, -0.2) is 33.1 Å². The number of rotatable bonds is 1. The molecule has 12 heavy (non-hydrogen) atoms. The lowest BCUT2D eigenvalue weighted by molar-refractivity contribution is -0.235. The smallest absolute Gasteiger partial charge is 0.157 e. The molecule has 2 N–H and O–H groups in total. The van der Waals surface area contributed by atoms with Crippen molar-refractivity contribution in [1.82, 2.24) is 0 Å². The molecular formula is C8H15IO3. The molecular weight excluding hydrogens is 271 g/mol. The van der Waals surface area contributed by atoms with Gasteiger partial charge in [0.2, 0.25) is 0 Å². The zero-order chi connectivity index (χ0) is 9.30. The van der Waals surface area contributed by atoms with Gasteiger partial charge in [0.1, 0.15) is 0 Å². The summed E-state index contributed by atoms with van der Waals surface area (Å²) in [5.74, 6) is 0.118. The Hall–Kier alpha value is 0.610. The van der Waals surface area contributed by atoms with Gasteiger partial charge in [-0.25, -0.2) is 0 Å². The Morgan fingerprint density at radius 1 is 1.25 bits per heavy atom. The largest absolute Gasteiger partial charge is 0.390 e. The molecule has 4 heteroatoms. The van der Waals surface area contributed by atoms with E-state index in [4.69, 9.17) is 4.74 Å². The van der Waals surface area contributed by atoms with Crippen molar-refractivity contribution in [1.29, 1.82) is 0 Å². The van der Waals surface area contributed by atoms with Crippen LogP contribution in [-0.2, 0) is 4.74 Å². The summed E-state index contributed by atoms with van der Waals surface area (Å²) in [4.78, 5) is 0. The number of aliphatic hydroxyl groups is 2. The summed E-state index contributed by atoms with van der Waals surface area (Å²) in [5.41, 5.74) is 0. The summed E-state index contributed by atoms with van der Waals surface area (Å²) in [7, 11) is 0. The highest BCUT2D eigenvalue weighted by Crippen LogP contribution is 2.30. The molecule has 1 heterocycles. The third-order valence-electron chi connectivity index (χ3n) is 2.67. The van der Waals surface area contributed by atoms with E-state index in [0.717, 1.165) is 0 Å². The first-order valence-corrected chi connectivity index (χ1v) is 5.68. The normalized spacial score (nSPS) is 49.2. The highest BCUT2D eigenvalue weighted by atomic mass is 127. The summed E-state index contributed by atoms with van der Waals surface area (Å²) >= 11 is 2.15. The summed E-state index contributed by atoms with van der Waals surface area (Å²) in [6.07, 6.45) is -1.38. The van der Waals surface area contributed by atoms with Gasteiger partial charge in [0.05, 0.1) is 12.2 Å². The second-order valence-corrected chi connectivity index (χ2v) is 4.31. The molecule has 3 nitrogen and oxygen atoms in total. The number of hydrogen-bond acceptors (Lipinski definition) is 3. The van der Waals surface area contributed by atoms with E-state index in [1.807, 2.05) is 13.8 Å². The summed E-state index contributed by atoms with van der Waals surface area (Å²) < 4.78 is 5.94. The lowest BCUT2D eigenvalue weighted by atomic mass is 9.85. The first kappa shape index (κ1) is 10.7. The van der Waals surface area contributed by atoms with Crippen LogP contribution in [0.25, 0.3) is 0 Å². The molecule has 1 aliphatic heterocycles. The van der Waals surface area contributed by atoms with Gasteiger partial charge >= 0.3 is 0 Å². The molecule has 0 radical (unpaired) electrons. The standard InChI is InChI=1S/C8H15IO3/c1-4-5(2)8(11)12-6(3-9)7(4)10/h4-8,10-11H,3H2,1-2H3/t4-,5-,6+,7+,8?/m1/s1. The van der Waals surface area contributed by atoms with Crippen molar-refractivity contribution in [3.63, 3.8) is 0 Å². The van der Waals surface area contributed by atoms with Gasteiger partial charge in [-0.15, -0.1) is 0 Å². The minimum Gasteiger partial charge on any atom is -0.390 e. The first-order chi connectivity index (χ1) is 5.57. The summed E-state index contributed by atoms with van der Waals surface area (Å²) in [5, 5.41) is 19.1. The molecule has 0 aromatic rings. The van der Waals surface area contributed by atoms with Gasteiger partial charge in [-0.05, 0) is 5.92 Å². The third kappa shape index (κ3) is 1.92. The molecule has 0 aromatic heterocycles. The number of halogens is 1. The average Bonchev–Trinajstić information content (AvgIpc) is 2.08. The molecule has 72 valence electrons. The predicted octanol–water partition coefficient (Wildman–Crippen LogP) is 0.772. The first-order valence-electron chi connectivity index (χ1n) is 4.15. The molecule has 1 unspecified atom stereocenters. The van der Waals surface area contributed by atoms with Crippen LogP contribution in [0, 0.1) is 11.8 Å². The zero-order valence-electron chi connectivity index (χ0n) is 7.27. The minimum atomic E-state index is -0.719. The van der Waals surface area contributed by atoms with Crippen molar-refractivity contribution >= 4 is 22.6 Å². The summed E-state index contributed by atoms with van der Waals surface area (Å²) in [6, 6.07) is 0. The van der Waals surface area contributed by atoms with E-state index in [1.54, 1.807) is 0 Å². The Morgan fingerprint density at radius 3 is 2.33 bits per heavy atom. The fraction of sp³-hybridized carbons (Fsp3) is 1.00. The van der Waals surface area contributed by atoms with E-state index in [2.05, 4.69) is 22.6 Å². The van der Waals surface area contributed by atoms with Gasteiger partial charge in [-0.2, -0.15) is 0 Å². The van der Waals surface area contributed by atoms with E-state index in [0.29, 0.717) is 4.43 Å². The highest BCUT2D eigenvalue weighted by Gasteiger charge is 2.38. The molecule has 1 fully saturated rings. The van der Waals surface area contributed by atoms with Crippen LogP contribution >= 0.6 is 22.6 Å². The SMILES string of the molecule is C[C@H]1[C@H](O)[C@H](CI)OC(O)[C@@H]1C. The number of ether oxygens (including phenoxy) is 1. The Bertz CT molecular complexity index is 148. The second kappa shape index (κ2) is 4.21. The lowest BCUT2D eigenvalue weighted by Crippen LogP contribution is -2.49. The van der Waals surface area contributed by atoms with Gasteiger partial charge in [0.15, 0.2) is 6.29 Å². The second-order valence-electron chi connectivity index (χ2n) is 3.43. The zero-order valence-corrected chi connectivity index (χ0v) is 9.43. The molecule has 1 rings (SSSR count). The van der Waals surface area contributed by atoms with Crippen molar-refractivity contribution in [3.05, 3.63) is 0 Å². The molecule has 0 aliphatic carbocycles. The fourth-order valence-corrected chi connectivity index (χ4v) is 2.15. The van der Waals surface area contributed by atoms with E-state index in [-0.39, 0.29) is 17.9 Å². The Labute approximate surface area is 86.3 Å². The average molecular weight is 286 g/mol. The molecule has 1 saturated heterocycles. The highest BCUT2D eigenvalue weighted by molar-refractivity contribution is 14.1. The molecule has 0 spiro atoms. The molecule has 1 aliphatic rings. The predicted molar refractivity (Wildman–Crippen MR) is 54.1 cm³/mol. The topological polar surface area (TPSA) is 49.7 Å². The minimum absolute atomic E-state index is 0.0131. The van der Waals surface area contributed by atoms with Crippen molar-refractivity contribution in [3.8, 4) is 0 Å². The van der Waals surface area contributed by atoms with E-state index >= 15 is 0 Å². The van der Waals surface area contributed by atoms with Gasteiger partial charge in [-0.1, -0.05) is 36.4 Å². The molecule has 0 bridgehead atoms. The van der Waals surface area contributed by atoms with Crippen LogP contribution in [0.2, 0.25) is 0 Å². The number of hydrogen-bond donors (Lipinski definition) is 2. The van der Waals surface area contributed by atoms with Crippen LogP contribution in [0.4, 0.5) is 0 Å². The van der Waals surface area contributed by atoms with E-state index in [9.17, 15) is 10.2 Å². The van der Waals surface area contributed by atoms with Crippen molar-refractivity contribution in [2.75, 3.05) is 4.43 Å². The maximum absolute atomic E-state index is 9.68. The molecule has 0 aromatic carbocycles.